The van der Waals surface area contributed by atoms with E-state index in [1.807, 2.05) is 9.80 Å². The Morgan fingerprint density at radius 2 is 1.56 bits per heavy atom. The summed E-state index contributed by atoms with van der Waals surface area (Å²) in [5, 5.41) is 20.1. The third kappa shape index (κ3) is 9.33. The van der Waals surface area contributed by atoms with E-state index in [1.165, 1.54) is 6.07 Å². The van der Waals surface area contributed by atoms with Crippen LogP contribution in [0.1, 0.15) is 20.7 Å². The first kappa shape index (κ1) is 31.6. The van der Waals surface area contributed by atoms with Gasteiger partial charge in [-0.3, -0.25) is 14.5 Å². The quantitative estimate of drug-likeness (QED) is 0.457. The molecule has 0 spiro atoms. The van der Waals surface area contributed by atoms with Crippen LogP contribution in [0.5, 0.6) is 0 Å². The van der Waals surface area contributed by atoms with E-state index in [4.69, 9.17) is 26.2 Å². The van der Waals surface area contributed by atoms with E-state index in [0.29, 0.717) is 81.0 Å². The highest BCUT2D eigenvalue weighted by Crippen LogP contribution is 2.26. The molecule has 0 atom stereocenters. The minimum absolute atomic E-state index is 0.0998. The van der Waals surface area contributed by atoms with Gasteiger partial charge in [0.1, 0.15) is 0 Å². The van der Waals surface area contributed by atoms with E-state index in [1.54, 1.807) is 36.4 Å². The van der Waals surface area contributed by atoms with Gasteiger partial charge in [-0.15, -0.1) is 0 Å². The Kier molecular flexibility index (Phi) is 10.9. The molecule has 0 bridgehead atoms. The van der Waals surface area contributed by atoms with Crippen molar-refractivity contribution < 1.29 is 47.3 Å². The molecule has 3 N–H and O–H groups in total. The van der Waals surface area contributed by atoms with Gasteiger partial charge in [0.05, 0.1) is 31.0 Å². The highest BCUT2D eigenvalue weighted by atomic mass is 35.5. The number of ether oxygens (including phenoxy) is 1. The molecular formula is C26H28ClF3N4O7. The molecule has 2 saturated heterocycles. The van der Waals surface area contributed by atoms with Gasteiger partial charge in [0.25, 0.3) is 5.91 Å². The number of amides is 2. The van der Waals surface area contributed by atoms with E-state index < -0.39 is 18.1 Å². The van der Waals surface area contributed by atoms with Crippen LogP contribution in [0.25, 0.3) is 0 Å². The number of nitrogens with zero attached hydrogens (tertiary/aromatic N) is 3. The van der Waals surface area contributed by atoms with E-state index in [0.717, 1.165) is 0 Å². The van der Waals surface area contributed by atoms with Crippen molar-refractivity contribution in [2.24, 2.45) is 0 Å². The molecule has 41 heavy (non-hydrogen) atoms. The molecule has 2 amide bonds. The van der Waals surface area contributed by atoms with Gasteiger partial charge in [0.2, 0.25) is 5.91 Å². The van der Waals surface area contributed by atoms with Crippen LogP contribution in [0.4, 0.5) is 24.5 Å². The molecule has 2 aliphatic heterocycles. The molecule has 2 aromatic carbocycles. The number of piperazine rings is 1. The number of carbonyl (C=O) groups is 4. The van der Waals surface area contributed by atoms with Crippen LogP contribution >= 0.6 is 11.6 Å². The second kappa shape index (κ2) is 14.1. The molecule has 4 rings (SSSR count). The van der Waals surface area contributed by atoms with Gasteiger partial charge in [-0.05, 0) is 36.4 Å². The molecule has 0 unspecified atom stereocenters. The zero-order valence-corrected chi connectivity index (χ0v) is 22.5. The molecule has 0 aromatic heterocycles. The third-order valence-electron chi connectivity index (χ3n) is 6.25. The van der Waals surface area contributed by atoms with Crippen molar-refractivity contribution in [2.75, 3.05) is 69.2 Å². The Morgan fingerprint density at radius 1 is 0.927 bits per heavy atom. The summed E-state index contributed by atoms with van der Waals surface area (Å²) >= 11 is 5.95. The van der Waals surface area contributed by atoms with Crippen LogP contribution in [-0.2, 0) is 14.3 Å². The number of aliphatic carboxylic acids is 1. The normalized spacial score (nSPS) is 15.9. The molecule has 2 aromatic rings. The lowest BCUT2D eigenvalue weighted by Crippen LogP contribution is -2.51. The average Bonchev–Trinajstić information content (AvgIpc) is 2.94. The SMILES string of the molecule is O=C(Nc1ccc(N2CCN(CC(=O)N3CCOCC3)CC2)c(C(=O)O)c1)c1cccc(Cl)c1.O=C(O)C(F)(F)F. The summed E-state index contributed by atoms with van der Waals surface area (Å²) < 4.78 is 37.0. The molecule has 222 valence electrons. The number of carboxylic acid groups (broad SMARTS) is 2. The van der Waals surface area contributed by atoms with Crippen molar-refractivity contribution in [3.63, 3.8) is 0 Å². The van der Waals surface area contributed by atoms with E-state index in [-0.39, 0.29) is 17.4 Å². The van der Waals surface area contributed by atoms with Crippen molar-refractivity contribution in [3.8, 4) is 0 Å². The predicted molar refractivity (Wildman–Crippen MR) is 143 cm³/mol. The van der Waals surface area contributed by atoms with Gasteiger partial charge in [0, 0.05) is 55.5 Å². The number of carboxylic acids is 2. The summed E-state index contributed by atoms with van der Waals surface area (Å²) in [5.74, 6) is -4.10. The summed E-state index contributed by atoms with van der Waals surface area (Å²) in [6.45, 7) is 5.27. The first-order chi connectivity index (χ1) is 19.3. The van der Waals surface area contributed by atoms with Gasteiger partial charge in [-0.25, -0.2) is 9.59 Å². The number of hydrogen-bond acceptors (Lipinski definition) is 7. The maximum Gasteiger partial charge on any atom is 0.490 e. The number of nitrogens with one attached hydrogen (secondary N) is 1. The second-order valence-corrected chi connectivity index (χ2v) is 9.50. The number of carbonyl (C=O) groups excluding carboxylic acids is 2. The summed E-state index contributed by atoms with van der Waals surface area (Å²) in [4.78, 5) is 51.8. The average molecular weight is 601 g/mol. The predicted octanol–water partition coefficient (Wildman–Crippen LogP) is 2.90. The largest absolute Gasteiger partial charge is 0.490 e. The van der Waals surface area contributed by atoms with Crippen molar-refractivity contribution in [1.82, 2.24) is 9.80 Å². The zero-order valence-electron chi connectivity index (χ0n) is 21.7. The van der Waals surface area contributed by atoms with E-state index >= 15 is 0 Å². The number of benzene rings is 2. The van der Waals surface area contributed by atoms with Gasteiger partial charge in [-0.1, -0.05) is 17.7 Å². The number of halogens is 4. The van der Waals surface area contributed by atoms with Crippen molar-refractivity contribution in [1.29, 1.82) is 0 Å². The number of aromatic carboxylic acids is 1. The molecule has 0 saturated carbocycles. The third-order valence-corrected chi connectivity index (χ3v) is 6.48. The topological polar surface area (TPSA) is 140 Å². The smallest absolute Gasteiger partial charge is 0.478 e. The van der Waals surface area contributed by atoms with Crippen LogP contribution in [0.3, 0.4) is 0 Å². The lowest BCUT2D eigenvalue weighted by atomic mass is 10.1. The summed E-state index contributed by atoms with van der Waals surface area (Å²) in [6, 6.07) is 11.4. The second-order valence-electron chi connectivity index (χ2n) is 9.06. The fourth-order valence-electron chi connectivity index (χ4n) is 4.14. The fraction of sp³-hybridized carbons (Fsp3) is 0.385. The molecule has 0 radical (unpaired) electrons. The maximum absolute atomic E-state index is 12.5. The first-order valence-corrected chi connectivity index (χ1v) is 12.8. The number of morpholine rings is 1. The van der Waals surface area contributed by atoms with Gasteiger partial charge < -0.3 is 30.1 Å². The van der Waals surface area contributed by atoms with Crippen molar-refractivity contribution >= 4 is 46.7 Å². The van der Waals surface area contributed by atoms with E-state index in [2.05, 4.69) is 10.2 Å². The minimum Gasteiger partial charge on any atom is -0.478 e. The molecule has 11 nitrogen and oxygen atoms in total. The molecule has 15 heteroatoms. The molecule has 2 heterocycles. The number of anilines is 2. The monoisotopic (exact) mass is 600 g/mol. The Bertz CT molecular complexity index is 1260. The summed E-state index contributed by atoms with van der Waals surface area (Å²) in [6.07, 6.45) is -5.08. The number of hydrogen-bond donors (Lipinski definition) is 3. The van der Waals surface area contributed by atoms with Crippen LogP contribution < -0.4 is 10.2 Å². The highest BCUT2D eigenvalue weighted by Gasteiger charge is 2.38. The Labute approximate surface area is 238 Å². The zero-order chi connectivity index (χ0) is 30.2. The maximum atomic E-state index is 12.5. The van der Waals surface area contributed by atoms with Crippen molar-refractivity contribution in [2.45, 2.75) is 6.18 Å². The first-order valence-electron chi connectivity index (χ1n) is 12.4. The van der Waals surface area contributed by atoms with Crippen LogP contribution in [0.15, 0.2) is 42.5 Å². The van der Waals surface area contributed by atoms with Gasteiger partial charge >= 0.3 is 18.1 Å². The summed E-state index contributed by atoms with van der Waals surface area (Å²) in [5.41, 5.74) is 1.48. The fourth-order valence-corrected chi connectivity index (χ4v) is 4.34. The van der Waals surface area contributed by atoms with Gasteiger partial charge in [-0.2, -0.15) is 13.2 Å². The Morgan fingerprint density at radius 3 is 2.12 bits per heavy atom. The van der Waals surface area contributed by atoms with Crippen LogP contribution in [-0.4, -0.2) is 109 Å². The number of alkyl halides is 3. The summed E-state index contributed by atoms with van der Waals surface area (Å²) in [7, 11) is 0. The molecule has 0 aliphatic carbocycles. The van der Waals surface area contributed by atoms with Crippen LogP contribution in [0, 0.1) is 0 Å². The molecule has 2 fully saturated rings. The highest BCUT2D eigenvalue weighted by molar-refractivity contribution is 6.31. The van der Waals surface area contributed by atoms with E-state index in [9.17, 15) is 32.7 Å². The van der Waals surface area contributed by atoms with Gasteiger partial charge in [0.15, 0.2) is 0 Å². The number of rotatable bonds is 6. The standard InChI is InChI=1S/C24H27ClN4O5.C2HF3O2/c25-18-3-1-2-17(14-18)23(31)26-19-4-5-21(20(15-19)24(32)33)28-8-6-27(7-9-28)16-22(30)29-10-12-34-13-11-29;3-2(4,5)1(6)7/h1-5,14-15H,6-13,16H2,(H,26,31)(H,32,33);(H,6,7). The van der Waals surface area contributed by atoms with Crippen LogP contribution in [0.2, 0.25) is 5.02 Å². The molecular weight excluding hydrogens is 573 g/mol. The lowest BCUT2D eigenvalue weighted by molar-refractivity contribution is -0.192. The lowest BCUT2D eigenvalue weighted by Gasteiger charge is -2.37. The Balaban J connectivity index is 0.000000587. The molecule has 2 aliphatic rings. The van der Waals surface area contributed by atoms with Crippen molar-refractivity contribution in [3.05, 3.63) is 58.6 Å². The Hall–Kier alpha value is -3.88. The minimum atomic E-state index is -5.08.